The van der Waals surface area contributed by atoms with Crippen LogP contribution in [0.2, 0.25) is 0 Å². The van der Waals surface area contributed by atoms with E-state index in [-0.39, 0.29) is 68.7 Å². The summed E-state index contributed by atoms with van der Waals surface area (Å²) in [6.45, 7) is 7.39. The fourth-order valence-electron chi connectivity index (χ4n) is 9.92. The number of hydrogen-bond donors (Lipinski definition) is 2. The van der Waals surface area contributed by atoms with Crippen molar-refractivity contribution in [3.8, 4) is 0 Å². The van der Waals surface area contributed by atoms with Crippen molar-refractivity contribution in [2.24, 2.45) is 17.8 Å². The van der Waals surface area contributed by atoms with Crippen LogP contribution in [-0.2, 0) is 57.1 Å². The number of ketones is 3. The molecule has 15 nitrogen and oxygen atoms in total. The number of carbonyl (C=O) groups is 5. The molecular formula is C51H79NO14. The van der Waals surface area contributed by atoms with Crippen LogP contribution >= 0.6 is 0 Å². The van der Waals surface area contributed by atoms with Gasteiger partial charge in [-0.05, 0) is 108 Å². The first kappa shape index (κ1) is 55.2. The van der Waals surface area contributed by atoms with Gasteiger partial charge >= 0.3 is 5.97 Å². The van der Waals surface area contributed by atoms with Crippen LogP contribution in [0.1, 0.15) is 124 Å². The molecule has 3 fully saturated rings. The molecule has 0 aromatic carbocycles. The first-order valence-corrected chi connectivity index (χ1v) is 24.2. The number of piperidine rings is 1. The van der Waals surface area contributed by atoms with Gasteiger partial charge in [-0.25, -0.2) is 4.79 Å². The lowest BCUT2D eigenvalue weighted by Crippen LogP contribution is -2.60. The van der Waals surface area contributed by atoms with Gasteiger partial charge in [0.2, 0.25) is 5.79 Å². The van der Waals surface area contributed by atoms with Gasteiger partial charge in [0, 0.05) is 66.1 Å². The molecule has 372 valence electrons. The fraction of sp³-hybridized carbons (Fsp3) is 0.745. The van der Waals surface area contributed by atoms with E-state index in [1.165, 1.54) is 19.1 Å². The zero-order valence-electron chi connectivity index (χ0n) is 40.8. The topological polar surface area (TPSA) is 194 Å². The maximum absolute atomic E-state index is 14.3. The highest BCUT2D eigenvalue weighted by Gasteiger charge is 2.53. The Bertz CT molecular complexity index is 1720. The van der Waals surface area contributed by atoms with Gasteiger partial charge in [0.05, 0.1) is 37.6 Å². The third-order valence-corrected chi connectivity index (χ3v) is 14.0. The molecular weight excluding hydrogens is 851 g/mol. The van der Waals surface area contributed by atoms with Gasteiger partial charge in [0.1, 0.15) is 30.1 Å². The normalized spacial score (nSPS) is 37.2. The Morgan fingerprint density at radius 3 is 2.24 bits per heavy atom. The van der Waals surface area contributed by atoms with Crippen molar-refractivity contribution in [2.45, 2.75) is 179 Å². The Balaban J connectivity index is 1.65. The van der Waals surface area contributed by atoms with Crippen molar-refractivity contribution in [1.82, 2.24) is 4.90 Å². The molecule has 12 atom stereocenters. The second kappa shape index (κ2) is 27.6. The van der Waals surface area contributed by atoms with Crippen molar-refractivity contribution in [1.29, 1.82) is 0 Å². The second-order valence-electron chi connectivity index (χ2n) is 18.7. The molecule has 2 saturated heterocycles. The lowest BCUT2D eigenvalue weighted by molar-refractivity contribution is -0.265. The van der Waals surface area contributed by atoms with Gasteiger partial charge in [-0.15, -0.1) is 0 Å². The maximum atomic E-state index is 14.3. The Morgan fingerprint density at radius 2 is 1.55 bits per heavy atom. The number of rotatable bonds is 10. The number of ether oxygens (including phenoxy) is 7. The van der Waals surface area contributed by atoms with Gasteiger partial charge in [0.15, 0.2) is 5.78 Å². The highest BCUT2D eigenvalue weighted by Crippen LogP contribution is 2.37. The molecule has 66 heavy (non-hydrogen) atoms. The van der Waals surface area contributed by atoms with Crippen LogP contribution in [0.3, 0.4) is 0 Å². The number of hydrogen-bond acceptors (Lipinski definition) is 14. The Hall–Kier alpha value is -3.41. The van der Waals surface area contributed by atoms with E-state index in [0.717, 1.165) is 18.4 Å². The minimum Gasteiger partial charge on any atom is -0.460 e. The summed E-state index contributed by atoms with van der Waals surface area (Å²) in [5.41, 5.74) is 1.54. The average Bonchev–Trinajstić information content (AvgIpc) is 3.31. The van der Waals surface area contributed by atoms with E-state index in [4.69, 9.17) is 33.2 Å². The number of aliphatic hydroxyl groups excluding tert-OH is 1. The Labute approximate surface area is 392 Å². The van der Waals surface area contributed by atoms with E-state index in [1.807, 2.05) is 37.3 Å². The first-order chi connectivity index (χ1) is 31.6. The van der Waals surface area contributed by atoms with Gasteiger partial charge in [-0.1, -0.05) is 50.3 Å². The third kappa shape index (κ3) is 15.3. The van der Waals surface area contributed by atoms with Gasteiger partial charge < -0.3 is 48.3 Å². The number of amides is 1. The summed E-state index contributed by atoms with van der Waals surface area (Å²) >= 11 is 0. The molecule has 4 rings (SSSR count). The number of methoxy groups -OCH3 is 4. The lowest BCUT2D eigenvalue weighted by atomic mass is 9.81. The van der Waals surface area contributed by atoms with E-state index in [2.05, 4.69) is 0 Å². The monoisotopic (exact) mass is 930 g/mol. The molecule has 0 spiro atoms. The SMILES string of the molecule is CO[C@H]1C[C@@H]2CC[C@@H](C)[C@@](O)(O2)C(=O)C(=O)N2CCCC[C@H]2C(=O)O[C@H](CC[C@@H]2CC[C@@H](OCCO)[C@H](OC)C2)CC(=O)[C@H](C)/C=C(\C)[C@@H](OC)[C@@H](OC)C(=O)CCC/C=C/C=C/C=C/1C. The van der Waals surface area contributed by atoms with Crippen LogP contribution in [0.25, 0.3) is 0 Å². The van der Waals surface area contributed by atoms with Gasteiger partial charge in [-0.2, -0.15) is 0 Å². The van der Waals surface area contributed by atoms with Crippen LogP contribution in [0.4, 0.5) is 0 Å². The van der Waals surface area contributed by atoms with Crippen molar-refractivity contribution < 1.29 is 67.3 Å². The number of fused-ring (bicyclic) bond motifs is 3. The number of aliphatic hydroxyl groups is 2. The Morgan fingerprint density at radius 1 is 0.788 bits per heavy atom. The number of carbonyl (C=O) groups excluding carboxylic acids is 5. The van der Waals surface area contributed by atoms with E-state index in [0.29, 0.717) is 69.8 Å². The standard InChI is InChI=1S/C51H79NO14/c1-33-17-13-11-9-10-12-14-19-41(54)47(63-8)46(62-7)35(3)29-34(2)42(55)31-38(24-21-37-22-25-43(64-28-27-53)45(30-37)61-6)65-50(58)40-18-15-16-26-52(40)49(57)48(56)51(59)36(4)20-23-39(66-51)32-44(33)60-5/h9-11,13,17,29,34,36-40,43-47,53,59H,12,14-16,18-28,30-32H2,1-8H3/b10-9+,13-11+,33-17+,35-29+/t34-,36-,37-,38-,39+,40+,43-,44+,45-,46-,47+,51-/m1/s1. The molecule has 2 bridgehead atoms. The molecule has 0 unspecified atom stereocenters. The van der Waals surface area contributed by atoms with Gasteiger partial charge in [-0.3, -0.25) is 19.2 Å². The quantitative estimate of drug-likeness (QED) is 0.145. The number of esters is 1. The molecule has 1 saturated carbocycles. The molecule has 3 heterocycles. The van der Waals surface area contributed by atoms with Crippen molar-refractivity contribution >= 4 is 29.2 Å². The number of Topliss-reactive ketones (excluding diaryl/α,β-unsaturated/α-hetero) is 3. The summed E-state index contributed by atoms with van der Waals surface area (Å²) in [5.74, 6) is -6.74. The molecule has 15 heteroatoms. The predicted molar refractivity (Wildman–Crippen MR) is 247 cm³/mol. The van der Waals surface area contributed by atoms with E-state index < -0.39 is 71.8 Å². The Kier molecular flexibility index (Phi) is 23.0. The van der Waals surface area contributed by atoms with Crippen LogP contribution < -0.4 is 0 Å². The number of nitrogens with zero attached hydrogens (tertiary/aromatic N) is 1. The molecule has 3 aliphatic heterocycles. The van der Waals surface area contributed by atoms with Crippen LogP contribution in [0, 0.1) is 17.8 Å². The summed E-state index contributed by atoms with van der Waals surface area (Å²) in [6.07, 6.45) is 14.8. The number of cyclic esters (lactones) is 1. The molecule has 1 amide bonds. The molecule has 2 N–H and O–H groups in total. The van der Waals surface area contributed by atoms with Crippen molar-refractivity contribution in [2.75, 3.05) is 48.2 Å². The highest BCUT2D eigenvalue weighted by molar-refractivity contribution is 6.39. The van der Waals surface area contributed by atoms with E-state index >= 15 is 0 Å². The van der Waals surface area contributed by atoms with Crippen LogP contribution in [0.5, 0.6) is 0 Å². The van der Waals surface area contributed by atoms with Crippen LogP contribution in [-0.4, -0.2) is 147 Å². The van der Waals surface area contributed by atoms with Crippen molar-refractivity contribution in [3.05, 3.63) is 47.6 Å². The predicted octanol–water partition coefficient (Wildman–Crippen LogP) is 6.11. The second-order valence-corrected chi connectivity index (χ2v) is 18.7. The third-order valence-electron chi connectivity index (χ3n) is 14.0. The number of allylic oxidation sites excluding steroid dienone is 6. The molecule has 0 aromatic heterocycles. The van der Waals surface area contributed by atoms with E-state index in [9.17, 15) is 34.2 Å². The fourth-order valence-corrected chi connectivity index (χ4v) is 9.92. The smallest absolute Gasteiger partial charge is 0.329 e. The maximum Gasteiger partial charge on any atom is 0.329 e. The largest absolute Gasteiger partial charge is 0.460 e. The average molecular weight is 930 g/mol. The zero-order valence-corrected chi connectivity index (χ0v) is 40.8. The summed E-state index contributed by atoms with van der Waals surface area (Å²) in [6, 6.07) is -1.11. The minimum absolute atomic E-state index is 0.0858. The van der Waals surface area contributed by atoms with Gasteiger partial charge in [0.25, 0.3) is 11.7 Å². The summed E-state index contributed by atoms with van der Waals surface area (Å²) < 4.78 is 41.3. The zero-order chi connectivity index (χ0) is 48.4. The summed E-state index contributed by atoms with van der Waals surface area (Å²) in [7, 11) is 6.19. The molecule has 0 radical (unpaired) electrons. The first-order valence-electron chi connectivity index (χ1n) is 24.2. The van der Waals surface area contributed by atoms with E-state index in [1.54, 1.807) is 41.1 Å². The minimum atomic E-state index is -2.41. The molecule has 4 aliphatic rings. The molecule has 0 aromatic rings. The van der Waals surface area contributed by atoms with Crippen molar-refractivity contribution in [3.63, 3.8) is 0 Å². The molecule has 1 aliphatic carbocycles. The highest BCUT2D eigenvalue weighted by atomic mass is 16.6. The summed E-state index contributed by atoms with van der Waals surface area (Å²) in [5, 5.41) is 21.2. The summed E-state index contributed by atoms with van der Waals surface area (Å²) in [4.78, 5) is 71.5. The van der Waals surface area contributed by atoms with Crippen LogP contribution in [0.15, 0.2) is 47.6 Å². The lowest BCUT2D eigenvalue weighted by Gasteiger charge is -2.42.